The van der Waals surface area contributed by atoms with Gasteiger partial charge in [0.05, 0.1) is 18.8 Å². The van der Waals surface area contributed by atoms with E-state index in [1.165, 1.54) is 11.1 Å². The summed E-state index contributed by atoms with van der Waals surface area (Å²) >= 11 is 0. The molecule has 120 valence electrons. The molecule has 3 heteroatoms. The Morgan fingerprint density at radius 3 is 2.24 bits per heavy atom. The molecule has 0 saturated heterocycles. The fourth-order valence-electron chi connectivity index (χ4n) is 2.54. The molecule has 0 radical (unpaired) electrons. The second-order valence-corrected chi connectivity index (χ2v) is 6.06. The van der Waals surface area contributed by atoms with Gasteiger partial charge in [-0.15, -0.1) is 0 Å². The summed E-state index contributed by atoms with van der Waals surface area (Å²) < 4.78 is 5.68. The van der Waals surface area contributed by atoms with Gasteiger partial charge in [0, 0.05) is 0 Å². The molecule has 0 saturated carbocycles. The first-order valence-electron chi connectivity index (χ1n) is 8.03. The van der Waals surface area contributed by atoms with Crippen molar-refractivity contribution in [3.8, 4) is 5.75 Å². The average molecular weight is 294 g/mol. The third-order valence-corrected chi connectivity index (χ3v) is 3.98. The predicted octanol–water partition coefficient (Wildman–Crippen LogP) is 3.83. The van der Waals surface area contributed by atoms with Crippen LogP contribution in [0.3, 0.4) is 0 Å². The molecule has 1 rings (SSSR count). The van der Waals surface area contributed by atoms with Gasteiger partial charge in [-0.1, -0.05) is 39.8 Å². The van der Waals surface area contributed by atoms with Gasteiger partial charge in [0.25, 0.3) is 0 Å². The van der Waals surface area contributed by atoms with E-state index < -0.39 is 12.2 Å². The van der Waals surface area contributed by atoms with Crippen molar-refractivity contribution in [2.24, 2.45) is 0 Å². The molecule has 3 unspecified atom stereocenters. The van der Waals surface area contributed by atoms with E-state index in [4.69, 9.17) is 4.74 Å². The molecule has 2 N–H and O–H groups in total. The second-order valence-electron chi connectivity index (χ2n) is 6.06. The van der Waals surface area contributed by atoms with Gasteiger partial charge in [-0.25, -0.2) is 0 Å². The molecule has 0 spiro atoms. The zero-order chi connectivity index (χ0) is 16.0. The summed E-state index contributed by atoms with van der Waals surface area (Å²) in [6.45, 7) is 10.9. The molecule has 1 aromatic rings. The maximum atomic E-state index is 9.99. The van der Waals surface area contributed by atoms with Crippen LogP contribution in [-0.2, 0) is 0 Å². The van der Waals surface area contributed by atoms with Crippen molar-refractivity contribution in [2.45, 2.75) is 71.5 Å². The fraction of sp³-hybridized carbons (Fsp3) is 0.667. The maximum absolute atomic E-state index is 9.99. The minimum Gasteiger partial charge on any atom is -0.494 e. The first-order valence-corrected chi connectivity index (χ1v) is 8.03. The van der Waals surface area contributed by atoms with E-state index in [1.54, 1.807) is 0 Å². The second kappa shape index (κ2) is 8.40. The fourth-order valence-corrected chi connectivity index (χ4v) is 2.54. The summed E-state index contributed by atoms with van der Waals surface area (Å²) in [7, 11) is 0. The molecule has 1 aromatic carbocycles. The van der Waals surface area contributed by atoms with Crippen LogP contribution in [0.15, 0.2) is 18.2 Å². The summed E-state index contributed by atoms with van der Waals surface area (Å²) in [6.07, 6.45) is -0.159. The van der Waals surface area contributed by atoms with E-state index in [9.17, 15) is 10.2 Å². The van der Waals surface area contributed by atoms with Crippen LogP contribution in [0.2, 0.25) is 0 Å². The number of benzene rings is 1. The lowest BCUT2D eigenvalue weighted by Gasteiger charge is -2.22. The smallest absolute Gasteiger partial charge is 0.122 e. The van der Waals surface area contributed by atoms with Gasteiger partial charge >= 0.3 is 0 Å². The van der Waals surface area contributed by atoms with Crippen LogP contribution in [0.1, 0.15) is 70.4 Å². The van der Waals surface area contributed by atoms with Crippen molar-refractivity contribution in [3.63, 3.8) is 0 Å². The molecular formula is C18H30O3. The van der Waals surface area contributed by atoms with Crippen molar-refractivity contribution in [3.05, 3.63) is 29.3 Å². The molecule has 0 aliphatic carbocycles. The van der Waals surface area contributed by atoms with E-state index in [1.807, 2.05) is 19.9 Å². The number of hydrogen-bond donors (Lipinski definition) is 2. The zero-order valence-electron chi connectivity index (χ0n) is 14.0. The molecular weight excluding hydrogens is 264 g/mol. The lowest BCUT2D eigenvalue weighted by Crippen LogP contribution is -2.26. The lowest BCUT2D eigenvalue weighted by molar-refractivity contribution is 0.00953. The van der Waals surface area contributed by atoms with Gasteiger partial charge < -0.3 is 14.9 Å². The summed E-state index contributed by atoms with van der Waals surface area (Å²) in [5.41, 5.74) is 2.39. The third kappa shape index (κ3) is 5.01. The molecule has 0 amide bonds. The summed E-state index contributed by atoms with van der Waals surface area (Å²) in [5, 5.41) is 19.7. The largest absolute Gasteiger partial charge is 0.494 e. The highest BCUT2D eigenvalue weighted by Crippen LogP contribution is 2.32. The SMILES string of the molecule is CCOc1ccc(C(C)CC(O)C(O)CC)cc1C(C)C. The first kappa shape index (κ1) is 18.0. The normalized spacial score (nSPS) is 15.8. The van der Waals surface area contributed by atoms with Crippen LogP contribution in [-0.4, -0.2) is 29.0 Å². The lowest BCUT2D eigenvalue weighted by atomic mass is 9.89. The van der Waals surface area contributed by atoms with E-state index in [0.29, 0.717) is 25.4 Å². The number of ether oxygens (including phenoxy) is 1. The molecule has 3 nitrogen and oxygen atoms in total. The molecule has 0 heterocycles. The topological polar surface area (TPSA) is 49.7 Å². The Hall–Kier alpha value is -1.06. The minimum atomic E-state index is -0.668. The Labute approximate surface area is 129 Å². The highest BCUT2D eigenvalue weighted by atomic mass is 16.5. The summed E-state index contributed by atoms with van der Waals surface area (Å²) in [6, 6.07) is 6.26. The van der Waals surface area contributed by atoms with Gasteiger partial charge in [0.15, 0.2) is 0 Å². The van der Waals surface area contributed by atoms with E-state index in [-0.39, 0.29) is 5.92 Å². The Bertz CT molecular complexity index is 428. The molecule has 0 aliphatic heterocycles. The van der Waals surface area contributed by atoms with Gasteiger partial charge in [-0.3, -0.25) is 0 Å². The predicted molar refractivity (Wildman–Crippen MR) is 87.0 cm³/mol. The van der Waals surface area contributed by atoms with Gasteiger partial charge in [0.1, 0.15) is 5.75 Å². The summed E-state index contributed by atoms with van der Waals surface area (Å²) in [5.74, 6) is 1.54. The van der Waals surface area contributed by atoms with E-state index in [2.05, 4.69) is 32.9 Å². The van der Waals surface area contributed by atoms with E-state index in [0.717, 1.165) is 5.75 Å². The van der Waals surface area contributed by atoms with Crippen LogP contribution in [0.5, 0.6) is 5.75 Å². The van der Waals surface area contributed by atoms with Crippen LogP contribution < -0.4 is 4.74 Å². The van der Waals surface area contributed by atoms with Crippen molar-refractivity contribution >= 4 is 0 Å². The quantitative estimate of drug-likeness (QED) is 0.766. The monoisotopic (exact) mass is 294 g/mol. The number of rotatable bonds is 8. The van der Waals surface area contributed by atoms with Gasteiger partial charge in [-0.05, 0) is 48.8 Å². The van der Waals surface area contributed by atoms with Crippen LogP contribution in [0.25, 0.3) is 0 Å². The highest BCUT2D eigenvalue weighted by molar-refractivity contribution is 5.40. The number of aliphatic hydroxyl groups is 2. The Balaban J connectivity index is 2.90. The highest BCUT2D eigenvalue weighted by Gasteiger charge is 2.19. The molecule has 0 fully saturated rings. The van der Waals surface area contributed by atoms with Crippen molar-refractivity contribution < 1.29 is 14.9 Å². The zero-order valence-corrected chi connectivity index (χ0v) is 14.0. The van der Waals surface area contributed by atoms with Gasteiger partial charge in [0.2, 0.25) is 0 Å². The minimum absolute atomic E-state index is 0.203. The van der Waals surface area contributed by atoms with Crippen molar-refractivity contribution in [1.82, 2.24) is 0 Å². The Morgan fingerprint density at radius 2 is 1.71 bits per heavy atom. The molecule has 0 aromatic heterocycles. The van der Waals surface area contributed by atoms with Crippen molar-refractivity contribution in [2.75, 3.05) is 6.61 Å². The summed E-state index contributed by atoms with van der Waals surface area (Å²) in [4.78, 5) is 0. The third-order valence-electron chi connectivity index (χ3n) is 3.98. The van der Waals surface area contributed by atoms with Crippen LogP contribution >= 0.6 is 0 Å². The Kier molecular flexibility index (Phi) is 7.20. The molecule has 0 bridgehead atoms. The maximum Gasteiger partial charge on any atom is 0.122 e. The van der Waals surface area contributed by atoms with Crippen molar-refractivity contribution in [1.29, 1.82) is 0 Å². The molecule has 3 atom stereocenters. The number of aliphatic hydroxyl groups excluding tert-OH is 2. The Morgan fingerprint density at radius 1 is 1.05 bits per heavy atom. The first-order chi connectivity index (χ1) is 9.90. The molecule has 21 heavy (non-hydrogen) atoms. The van der Waals surface area contributed by atoms with E-state index >= 15 is 0 Å². The van der Waals surface area contributed by atoms with Crippen LogP contribution in [0.4, 0.5) is 0 Å². The van der Waals surface area contributed by atoms with Crippen LogP contribution in [0, 0.1) is 0 Å². The average Bonchev–Trinajstić information content (AvgIpc) is 2.46. The number of hydrogen-bond acceptors (Lipinski definition) is 3. The molecule has 0 aliphatic rings. The van der Waals surface area contributed by atoms with Gasteiger partial charge in [-0.2, -0.15) is 0 Å². The standard InChI is InChI=1S/C18H30O3/c1-6-16(19)17(20)10-13(5)14-8-9-18(21-7-2)15(11-14)12(3)4/h8-9,11-13,16-17,19-20H,6-7,10H2,1-5H3.